The highest BCUT2D eigenvalue weighted by Crippen LogP contribution is 2.41. The largest absolute Gasteiger partial charge is 0.497 e. The number of hydrogen-bond donors (Lipinski definition) is 0. The third-order valence-corrected chi connectivity index (χ3v) is 4.98. The predicted molar refractivity (Wildman–Crippen MR) is 102 cm³/mol. The third kappa shape index (κ3) is 2.91. The number of ether oxygens (including phenoxy) is 2. The van der Waals surface area contributed by atoms with Gasteiger partial charge in [0, 0.05) is 29.9 Å². The molecule has 1 aromatic heterocycles. The Labute approximate surface area is 156 Å². The van der Waals surface area contributed by atoms with Crippen LogP contribution in [-0.4, -0.2) is 11.7 Å². The van der Waals surface area contributed by atoms with E-state index >= 15 is 0 Å². The van der Waals surface area contributed by atoms with Crippen molar-refractivity contribution in [1.29, 1.82) is 0 Å². The van der Waals surface area contributed by atoms with Gasteiger partial charge in [0.15, 0.2) is 0 Å². The number of benzene rings is 2. The maximum atomic E-state index is 12.1. The first kappa shape index (κ1) is 16.9. The molecule has 132 valence electrons. The lowest BCUT2D eigenvalue weighted by molar-refractivity contribution is 0.0690. The SMILES string of the molecule is COc1ccc2c(c1)C(c1ccc(Cl)cc1)OCc1cc(=O)n(C)cc1-2. The average molecular weight is 368 g/mol. The van der Waals surface area contributed by atoms with Crippen molar-refractivity contribution in [2.24, 2.45) is 7.05 Å². The highest BCUT2D eigenvalue weighted by molar-refractivity contribution is 6.30. The summed E-state index contributed by atoms with van der Waals surface area (Å²) in [6.07, 6.45) is 1.60. The molecule has 0 bridgehead atoms. The molecule has 0 radical (unpaired) electrons. The second kappa shape index (κ2) is 6.63. The quantitative estimate of drug-likeness (QED) is 0.676. The van der Waals surface area contributed by atoms with Crippen molar-refractivity contribution in [3.63, 3.8) is 0 Å². The van der Waals surface area contributed by atoms with E-state index in [9.17, 15) is 4.79 Å². The van der Waals surface area contributed by atoms with Crippen LogP contribution < -0.4 is 10.3 Å². The Morgan fingerprint density at radius 1 is 1.12 bits per heavy atom. The van der Waals surface area contributed by atoms with Crippen molar-refractivity contribution < 1.29 is 9.47 Å². The molecular weight excluding hydrogens is 350 g/mol. The van der Waals surface area contributed by atoms with Gasteiger partial charge in [0.1, 0.15) is 11.9 Å². The fourth-order valence-corrected chi connectivity index (χ4v) is 3.46. The lowest BCUT2D eigenvalue weighted by atomic mass is 9.92. The molecule has 2 aromatic carbocycles. The van der Waals surface area contributed by atoms with E-state index in [1.165, 1.54) is 0 Å². The number of nitrogens with zero attached hydrogens (tertiary/aromatic N) is 1. The summed E-state index contributed by atoms with van der Waals surface area (Å²) in [6.45, 7) is 0.357. The number of hydrogen-bond acceptors (Lipinski definition) is 3. The number of rotatable bonds is 2. The molecule has 1 aliphatic heterocycles. The lowest BCUT2D eigenvalue weighted by Gasteiger charge is -2.19. The van der Waals surface area contributed by atoms with Crippen LogP contribution in [0.1, 0.15) is 22.8 Å². The minimum absolute atomic E-state index is 0.0487. The van der Waals surface area contributed by atoms with Crippen molar-refractivity contribution in [2.75, 3.05) is 7.11 Å². The van der Waals surface area contributed by atoms with Gasteiger partial charge in [-0.1, -0.05) is 29.8 Å². The van der Waals surface area contributed by atoms with E-state index in [1.54, 1.807) is 24.8 Å². The first-order chi connectivity index (χ1) is 12.6. The molecule has 0 fully saturated rings. The lowest BCUT2D eigenvalue weighted by Crippen LogP contribution is -2.16. The van der Waals surface area contributed by atoms with Crippen LogP contribution in [0.15, 0.2) is 59.5 Å². The molecule has 5 heteroatoms. The van der Waals surface area contributed by atoms with Crippen LogP contribution in [0.25, 0.3) is 11.1 Å². The van der Waals surface area contributed by atoms with Gasteiger partial charge in [-0.2, -0.15) is 0 Å². The van der Waals surface area contributed by atoms with Crippen LogP contribution in [0.4, 0.5) is 0 Å². The molecule has 1 atom stereocenters. The van der Waals surface area contributed by atoms with E-state index in [1.807, 2.05) is 48.7 Å². The number of aromatic nitrogens is 1. The van der Waals surface area contributed by atoms with Crippen LogP contribution >= 0.6 is 11.6 Å². The molecule has 4 nitrogen and oxygen atoms in total. The van der Waals surface area contributed by atoms with E-state index in [0.29, 0.717) is 11.6 Å². The van der Waals surface area contributed by atoms with Crippen LogP contribution in [0.3, 0.4) is 0 Å². The highest BCUT2D eigenvalue weighted by Gasteiger charge is 2.25. The van der Waals surface area contributed by atoms with E-state index < -0.39 is 0 Å². The summed E-state index contributed by atoms with van der Waals surface area (Å²) in [5.41, 5.74) is 4.88. The van der Waals surface area contributed by atoms with Gasteiger partial charge in [0.05, 0.1) is 13.7 Å². The minimum Gasteiger partial charge on any atom is -0.497 e. The van der Waals surface area contributed by atoms with Crippen molar-refractivity contribution >= 4 is 11.6 Å². The molecule has 1 aliphatic rings. The molecule has 26 heavy (non-hydrogen) atoms. The fraction of sp³-hybridized carbons (Fsp3) is 0.190. The Hall–Kier alpha value is -2.56. The summed E-state index contributed by atoms with van der Waals surface area (Å²) >= 11 is 6.04. The topological polar surface area (TPSA) is 40.5 Å². The number of methoxy groups -OCH3 is 1. The van der Waals surface area contributed by atoms with Gasteiger partial charge in [-0.05, 0) is 46.5 Å². The Bertz CT molecular complexity index is 1020. The Balaban J connectivity index is 1.94. The Kier molecular flexibility index (Phi) is 4.31. The van der Waals surface area contributed by atoms with Crippen molar-refractivity contribution in [2.45, 2.75) is 12.7 Å². The smallest absolute Gasteiger partial charge is 0.250 e. The van der Waals surface area contributed by atoms with Crippen molar-refractivity contribution in [3.8, 4) is 16.9 Å². The molecular formula is C21H18ClNO3. The summed E-state index contributed by atoms with van der Waals surface area (Å²) in [6, 6.07) is 15.2. The molecule has 1 unspecified atom stereocenters. The summed E-state index contributed by atoms with van der Waals surface area (Å²) in [4.78, 5) is 12.1. The molecule has 3 aromatic rings. The summed E-state index contributed by atoms with van der Waals surface area (Å²) in [5.74, 6) is 0.764. The number of fused-ring (bicyclic) bond motifs is 3. The first-order valence-corrected chi connectivity index (χ1v) is 8.69. The molecule has 0 amide bonds. The first-order valence-electron chi connectivity index (χ1n) is 8.32. The van der Waals surface area contributed by atoms with Gasteiger partial charge >= 0.3 is 0 Å². The molecule has 0 saturated heterocycles. The van der Waals surface area contributed by atoms with Gasteiger partial charge in [-0.15, -0.1) is 0 Å². The molecule has 4 rings (SSSR count). The maximum absolute atomic E-state index is 12.1. The van der Waals surface area contributed by atoms with Gasteiger partial charge in [0.2, 0.25) is 0 Å². The van der Waals surface area contributed by atoms with Crippen LogP contribution in [0.2, 0.25) is 5.02 Å². The number of halogens is 1. The Morgan fingerprint density at radius 2 is 1.88 bits per heavy atom. The monoisotopic (exact) mass is 367 g/mol. The van der Waals surface area contributed by atoms with Gasteiger partial charge in [0.25, 0.3) is 5.56 Å². The average Bonchev–Trinajstić information content (AvgIpc) is 2.79. The number of aryl methyl sites for hydroxylation is 1. The molecule has 2 heterocycles. The predicted octanol–water partition coefficient (Wildman–Crippen LogP) is 4.33. The van der Waals surface area contributed by atoms with Crippen LogP contribution in [0.5, 0.6) is 5.75 Å². The zero-order chi connectivity index (χ0) is 18.3. The summed E-state index contributed by atoms with van der Waals surface area (Å²) in [7, 11) is 3.41. The highest BCUT2D eigenvalue weighted by atomic mass is 35.5. The molecule has 0 spiro atoms. The fourth-order valence-electron chi connectivity index (χ4n) is 3.34. The van der Waals surface area contributed by atoms with E-state index in [4.69, 9.17) is 21.1 Å². The van der Waals surface area contributed by atoms with Crippen molar-refractivity contribution in [3.05, 3.63) is 86.8 Å². The number of pyridine rings is 1. The van der Waals surface area contributed by atoms with E-state index in [-0.39, 0.29) is 11.7 Å². The zero-order valence-electron chi connectivity index (χ0n) is 14.5. The van der Waals surface area contributed by atoms with E-state index in [0.717, 1.165) is 33.6 Å². The van der Waals surface area contributed by atoms with Gasteiger partial charge in [-0.25, -0.2) is 0 Å². The third-order valence-electron chi connectivity index (χ3n) is 4.72. The van der Waals surface area contributed by atoms with Gasteiger partial charge in [-0.3, -0.25) is 4.79 Å². The molecule has 0 N–H and O–H groups in total. The second-order valence-electron chi connectivity index (χ2n) is 6.36. The van der Waals surface area contributed by atoms with E-state index in [2.05, 4.69) is 0 Å². The standard InChI is InChI=1S/C21H18ClNO3/c1-23-11-19-14(9-20(23)24)12-26-21(13-3-5-15(22)6-4-13)18-10-16(25-2)7-8-17(18)19/h3-11,21H,12H2,1-2H3. The summed E-state index contributed by atoms with van der Waals surface area (Å²) in [5, 5.41) is 0.680. The molecule has 0 saturated carbocycles. The Morgan fingerprint density at radius 3 is 2.62 bits per heavy atom. The second-order valence-corrected chi connectivity index (χ2v) is 6.79. The van der Waals surface area contributed by atoms with Gasteiger partial charge < -0.3 is 14.0 Å². The normalized spacial score (nSPS) is 15.7. The maximum Gasteiger partial charge on any atom is 0.250 e. The van der Waals surface area contributed by atoms with Crippen LogP contribution in [-0.2, 0) is 18.4 Å². The van der Waals surface area contributed by atoms with Crippen molar-refractivity contribution in [1.82, 2.24) is 4.57 Å². The molecule has 0 aliphatic carbocycles. The summed E-state index contributed by atoms with van der Waals surface area (Å²) < 4.78 is 13.2. The zero-order valence-corrected chi connectivity index (χ0v) is 15.3. The minimum atomic E-state index is -0.273. The van der Waals surface area contributed by atoms with Crippen LogP contribution in [0, 0.1) is 0 Å².